The first-order valence-electron chi connectivity index (χ1n) is 6.93. The van der Waals surface area contributed by atoms with Crippen molar-refractivity contribution < 1.29 is 4.79 Å². The highest BCUT2D eigenvalue weighted by atomic mass is 16.2. The van der Waals surface area contributed by atoms with Crippen LogP contribution in [0.15, 0.2) is 0 Å². The van der Waals surface area contributed by atoms with Crippen LogP contribution in [0.25, 0.3) is 0 Å². The predicted molar refractivity (Wildman–Crippen MR) is 68.9 cm³/mol. The molecule has 2 aliphatic heterocycles. The molecule has 1 N–H and O–H groups in total. The van der Waals surface area contributed by atoms with Crippen molar-refractivity contribution in [3.63, 3.8) is 0 Å². The number of hydrogen-bond donors (Lipinski definition) is 1. The molecule has 0 aliphatic carbocycles. The van der Waals surface area contributed by atoms with Crippen molar-refractivity contribution in [3.8, 4) is 0 Å². The molecule has 2 aliphatic rings. The second kappa shape index (κ2) is 5.36. The largest absolute Gasteiger partial charge is 0.342 e. The number of likely N-dealkylation sites (N-methyl/N-ethyl adjacent to an activating group) is 1. The molecule has 0 radical (unpaired) electrons. The highest BCUT2D eigenvalue weighted by Crippen LogP contribution is 2.26. The molecule has 2 fully saturated rings. The van der Waals surface area contributed by atoms with Crippen LogP contribution in [0.1, 0.15) is 27.2 Å². The normalized spacial score (nSPS) is 30.3. The van der Waals surface area contributed by atoms with Gasteiger partial charge in [0.15, 0.2) is 0 Å². The number of rotatable bonds is 4. The zero-order chi connectivity index (χ0) is 12.4. The van der Waals surface area contributed by atoms with E-state index in [1.165, 1.54) is 6.42 Å². The van der Waals surface area contributed by atoms with Crippen LogP contribution >= 0.6 is 0 Å². The van der Waals surface area contributed by atoms with E-state index in [1.807, 2.05) is 18.7 Å². The Kier molecular flexibility index (Phi) is 4.05. The fourth-order valence-corrected chi connectivity index (χ4v) is 3.15. The number of amides is 1. The molecule has 0 bridgehead atoms. The van der Waals surface area contributed by atoms with Crippen LogP contribution in [0.4, 0.5) is 0 Å². The Labute approximate surface area is 104 Å². The first-order chi connectivity index (χ1) is 8.17. The van der Waals surface area contributed by atoms with Crippen LogP contribution < -0.4 is 5.32 Å². The minimum Gasteiger partial charge on any atom is -0.342 e. The third-order valence-electron chi connectivity index (χ3n) is 4.37. The second-order valence-electron chi connectivity index (χ2n) is 5.25. The van der Waals surface area contributed by atoms with Gasteiger partial charge in [0.1, 0.15) is 0 Å². The molecule has 0 aromatic carbocycles. The number of fused-ring (bicyclic) bond motifs is 1. The predicted octanol–water partition coefficient (Wildman–Crippen LogP) is 0.537. The minimum atomic E-state index is 0.0438. The summed E-state index contributed by atoms with van der Waals surface area (Å²) in [5.41, 5.74) is 0. The number of nitrogens with zero attached hydrogens (tertiary/aromatic N) is 2. The first-order valence-corrected chi connectivity index (χ1v) is 6.93. The molecule has 2 saturated heterocycles. The number of carbonyl (C=O) groups is 1. The van der Waals surface area contributed by atoms with Crippen molar-refractivity contribution in [2.24, 2.45) is 5.92 Å². The molecule has 0 aromatic heterocycles. The van der Waals surface area contributed by atoms with Crippen LogP contribution in [0.5, 0.6) is 0 Å². The summed E-state index contributed by atoms with van der Waals surface area (Å²) in [6.07, 6.45) is 1.27. The van der Waals surface area contributed by atoms with Crippen LogP contribution in [-0.4, -0.2) is 60.5 Å². The Bertz CT molecular complexity index is 266. The van der Waals surface area contributed by atoms with Gasteiger partial charge in [-0.15, -0.1) is 0 Å². The van der Waals surface area contributed by atoms with Crippen molar-refractivity contribution in [2.75, 3.05) is 32.7 Å². The topological polar surface area (TPSA) is 35.6 Å². The first kappa shape index (κ1) is 12.8. The van der Waals surface area contributed by atoms with E-state index >= 15 is 0 Å². The fraction of sp³-hybridized carbons (Fsp3) is 0.923. The summed E-state index contributed by atoms with van der Waals surface area (Å²) in [6, 6.07) is 0.671. The smallest absolute Gasteiger partial charge is 0.239 e. The lowest BCUT2D eigenvalue weighted by atomic mass is 10.1. The zero-order valence-electron chi connectivity index (χ0n) is 11.3. The van der Waals surface area contributed by atoms with E-state index in [1.54, 1.807) is 0 Å². The summed E-state index contributed by atoms with van der Waals surface area (Å²) in [5, 5.41) is 3.53. The average molecular weight is 239 g/mol. The van der Waals surface area contributed by atoms with Gasteiger partial charge < -0.3 is 10.2 Å². The van der Waals surface area contributed by atoms with Gasteiger partial charge in [-0.1, -0.05) is 0 Å². The highest BCUT2D eigenvalue weighted by molar-refractivity contribution is 5.81. The summed E-state index contributed by atoms with van der Waals surface area (Å²) in [7, 11) is 0. The summed E-state index contributed by atoms with van der Waals surface area (Å²) >= 11 is 0. The van der Waals surface area contributed by atoms with Gasteiger partial charge in [0.2, 0.25) is 5.91 Å². The highest BCUT2D eigenvalue weighted by Gasteiger charge is 2.39. The average Bonchev–Trinajstić information content (AvgIpc) is 2.89. The minimum absolute atomic E-state index is 0.0438. The SMILES string of the molecule is CCN(CC)C(=O)C(C)N1C[C@@H]2CCN[C@@H]2C1. The van der Waals surface area contributed by atoms with Crippen molar-refractivity contribution in [2.45, 2.75) is 39.3 Å². The molecule has 4 heteroatoms. The standard InChI is InChI=1S/C13H25N3O/c1-4-15(5-2)13(17)10(3)16-8-11-6-7-14-12(11)9-16/h10-12,14H,4-9H2,1-3H3/t10?,11-,12+/m0/s1. The van der Waals surface area contributed by atoms with Crippen molar-refractivity contribution >= 4 is 5.91 Å². The van der Waals surface area contributed by atoms with Gasteiger partial charge in [0, 0.05) is 32.2 Å². The van der Waals surface area contributed by atoms with Gasteiger partial charge in [-0.05, 0) is 39.7 Å². The molecule has 1 unspecified atom stereocenters. The molecule has 2 heterocycles. The maximum Gasteiger partial charge on any atom is 0.239 e. The van der Waals surface area contributed by atoms with E-state index in [4.69, 9.17) is 0 Å². The van der Waals surface area contributed by atoms with E-state index in [2.05, 4.69) is 17.1 Å². The van der Waals surface area contributed by atoms with Crippen molar-refractivity contribution in [3.05, 3.63) is 0 Å². The van der Waals surface area contributed by atoms with Gasteiger partial charge >= 0.3 is 0 Å². The molecule has 98 valence electrons. The lowest BCUT2D eigenvalue weighted by Gasteiger charge is -2.29. The number of likely N-dealkylation sites (tertiary alicyclic amines) is 1. The van der Waals surface area contributed by atoms with Crippen LogP contribution in [-0.2, 0) is 4.79 Å². The maximum atomic E-state index is 12.3. The van der Waals surface area contributed by atoms with Crippen LogP contribution in [0.3, 0.4) is 0 Å². The lowest BCUT2D eigenvalue weighted by molar-refractivity contribution is -0.135. The van der Waals surface area contributed by atoms with E-state index in [0.717, 1.165) is 38.6 Å². The van der Waals surface area contributed by atoms with E-state index < -0.39 is 0 Å². The van der Waals surface area contributed by atoms with Crippen molar-refractivity contribution in [1.82, 2.24) is 15.1 Å². The monoisotopic (exact) mass is 239 g/mol. The Morgan fingerprint density at radius 1 is 1.41 bits per heavy atom. The molecule has 3 atom stereocenters. The van der Waals surface area contributed by atoms with Gasteiger partial charge in [0.25, 0.3) is 0 Å². The van der Waals surface area contributed by atoms with Gasteiger partial charge in [-0.25, -0.2) is 0 Å². The van der Waals surface area contributed by atoms with Crippen LogP contribution in [0.2, 0.25) is 0 Å². The lowest BCUT2D eigenvalue weighted by Crippen LogP contribution is -2.47. The molecule has 4 nitrogen and oxygen atoms in total. The second-order valence-corrected chi connectivity index (χ2v) is 5.25. The number of nitrogens with one attached hydrogen (secondary N) is 1. The quantitative estimate of drug-likeness (QED) is 0.777. The van der Waals surface area contributed by atoms with E-state index in [-0.39, 0.29) is 11.9 Å². The molecule has 0 saturated carbocycles. The Balaban J connectivity index is 1.92. The summed E-state index contributed by atoms with van der Waals surface area (Å²) in [4.78, 5) is 16.6. The molecule has 0 aromatic rings. The van der Waals surface area contributed by atoms with Gasteiger partial charge in [-0.2, -0.15) is 0 Å². The Hall–Kier alpha value is -0.610. The molecule has 17 heavy (non-hydrogen) atoms. The van der Waals surface area contributed by atoms with Gasteiger partial charge in [0.05, 0.1) is 6.04 Å². The van der Waals surface area contributed by atoms with E-state index in [0.29, 0.717) is 6.04 Å². The van der Waals surface area contributed by atoms with Gasteiger partial charge in [-0.3, -0.25) is 9.69 Å². The third kappa shape index (κ3) is 2.47. The molecule has 1 amide bonds. The summed E-state index contributed by atoms with van der Waals surface area (Å²) < 4.78 is 0. The third-order valence-corrected chi connectivity index (χ3v) is 4.37. The van der Waals surface area contributed by atoms with Crippen LogP contribution in [0, 0.1) is 5.92 Å². The number of hydrogen-bond acceptors (Lipinski definition) is 3. The Morgan fingerprint density at radius 2 is 2.12 bits per heavy atom. The fourth-order valence-electron chi connectivity index (χ4n) is 3.15. The summed E-state index contributed by atoms with van der Waals surface area (Å²) in [6.45, 7) is 11.1. The number of carbonyl (C=O) groups excluding carboxylic acids is 1. The zero-order valence-corrected chi connectivity index (χ0v) is 11.3. The molecular formula is C13H25N3O. The summed E-state index contributed by atoms with van der Waals surface area (Å²) in [5.74, 6) is 1.05. The van der Waals surface area contributed by atoms with Crippen molar-refractivity contribution in [1.29, 1.82) is 0 Å². The Morgan fingerprint density at radius 3 is 2.71 bits per heavy atom. The maximum absolute atomic E-state index is 12.3. The molecule has 2 rings (SSSR count). The molecular weight excluding hydrogens is 214 g/mol. The molecule has 0 spiro atoms. The van der Waals surface area contributed by atoms with E-state index in [9.17, 15) is 4.79 Å².